The first-order chi connectivity index (χ1) is 14.1. The third kappa shape index (κ3) is 3.72. The van der Waals surface area contributed by atoms with Gasteiger partial charge >= 0.3 is 5.63 Å². The van der Waals surface area contributed by atoms with E-state index in [-0.39, 0.29) is 5.56 Å². The van der Waals surface area contributed by atoms with Gasteiger partial charge in [0.2, 0.25) is 0 Å². The molecule has 29 heavy (non-hydrogen) atoms. The van der Waals surface area contributed by atoms with Gasteiger partial charge in [-0.05, 0) is 43.3 Å². The maximum atomic E-state index is 12.6. The van der Waals surface area contributed by atoms with E-state index in [1.165, 1.54) is 5.69 Å². The van der Waals surface area contributed by atoms with Crippen molar-refractivity contribution >= 4 is 23.0 Å². The molecule has 0 radical (unpaired) electrons. The first kappa shape index (κ1) is 19.1. The molecule has 0 atom stereocenters. The molecule has 0 aliphatic carbocycles. The summed E-state index contributed by atoms with van der Waals surface area (Å²) in [5.41, 5.74) is 2.85. The van der Waals surface area contributed by atoms with Crippen molar-refractivity contribution in [2.45, 2.75) is 6.92 Å². The minimum atomic E-state index is -0.608. The van der Waals surface area contributed by atoms with Gasteiger partial charge in [-0.1, -0.05) is 29.8 Å². The second-order valence-corrected chi connectivity index (χ2v) is 7.43. The fourth-order valence-corrected chi connectivity index (χ4v) is 3.94. The molecule has 146 valence electrons. The Morgan fingerprint density at radius 3 is 2.21 bits per heavy atom. The Hall–Kier alpha value is -3.23. The topological polar surface area (TPSA) is 60.5 Å². The highest BCUT2D eigenvalue weighted by atomic mass is 35.5. The molecule has 1 aliphatic rings. The van der Waals surface area contributed by atoms with Crippen LogP contribution in [0.5, 0.6) is 0 Å². The number of piperazine rings is 1. The normalized spacial score (nSPS) is 14.0. The Labute approximate surface area is 174 Å². The second-order valence-electron chi connectivity index (χ2n) is 7.00. The average molecular weight is 406 g/mol. The van der Waals surface area contributed by atoms with Gasteiger partial charge in [0.05, 0.1) is 5.69 Å². The van der Waals surface area contributed by atoms with Gasteiger partial charge in [0.1, 0.15) is 11.8 Å². The van der Waals surface area contributed by atoms with E-state index in [0.717, 1.165) is 24.2 Å². The van der Waals surface area contributed by atoms with E-state index in [2.05, 4.69) is 28.0 Å². The number of anilines is 2. The molecule has 6 heteroatoms. The summed E-state index contributed by atoms with van der Waals surface area (Å²) < 4.78 is 5.52. The highest BCUT2D eigenvalue weighted by molar-refractivity contribution is 6.30. The van der Waals surface area contributed by atoms with Crippen molar-refractivity contribution in [1.29, 1.82) is 5.26 Å². The van der Waals surface area contributed by atoms with E-state index in [0.29, 0.717) is 29.6 Å². The Morgan fingerprint density at radius 2 is 1.59 bits per heavy atom. The standard InChI is InChI=1S/C23H20ClN3O2/c1-16-21(27-13-11-26(12-14-27)19-5-3-2-4-6-19)20(15-25)23(28)29-22(16)17-7-9-18(24)10-8-17/h2-10H,11-14H2,1H3. The molecule has 5 nitrogen and oxygen atoms in total. The van der Waals surface area contributed by atoms with Crippen LogP contribution in [0.15, 0.2) is 63.8 Å². The van der Waals surface area contributed by atoms with Crippen molar-refractivity contribution < 1.29 is 4.42 Å². The first-order valence-corrected chi connectivity index (χ1v) is 9.85. The number of hydrogen-bond donors (Lipinski definition) is 0. The van der Waals surface area contributed by atoms with Crippen molar-refractivity contribution in [1.82, 2.24) is 0 Å². The Kier molecular flexibility index (Phi) is 5.28. The van der Waals surface area contributed by atoms with Gasteiger partial charge < -0.3 is 14.2 Å². The lowest BCUT2D eigenvalue weighted by Gasteiger charge is -2.38. The lowest BCUT2D eigenvalue weighted by atomic mass is 10.0. The first-order valence-electron chi connectivity index (χ1n) is 9.47. The SMILES string of the molecule is Cc1c(-c2ccc(Cl)cc2)oc(=O)c(C#N)c1N1CCN(c2ccccc2)CC1. The predicted octanol–water partition coefficient (Wildman–Crippen LogP) is 4.47. The number of hydrogen-bond acceptors (Lipinski definition) is 5. The molecule has 0 N–H and O–H groups in total. The van der Waals surface area contributed by atoms with Crippen LogP contribution in [0.2, 0.25) is 5.02 Å². The number of benzene rings is 2. The summed E-state index contributed by atoms with van der Waals surface area (Å²) in [7, 11) is 0. The van der Waals surface area contributed by atoms with Crippen molar-refractivity contribution in [3.8, 4) is 17.4 Å². The summed E-state index contributed by atoms with van der Waals surface area (Å²) >= 11 is 5.99. The smallest absolute Gasteiger partial charge is 0.356 e. The number of halogens is 1. The minimum Gasteiger partial charge on any atom is -0.421 e. The largest absolute Gasteiger partial charge is 0.421 e. The van der Waals surface area contributed by atoms with Gasteiger partial charge in [-0.25, -0.2) is 4.79 Å². The molecule has 0 unspecified atom stereocenters. The highest BCUT2D eigenvalue weighted by Crippen LogP contribution is 2.33. The van der Waals surface area contributed by atoms with E-state index in [1.807, 2.05) is 37.3 Å². The molecule has 0 bridgehead atoms. The fourth-order valence-electron chi connectivity index (χ4n) is 3.81. The molecule has 0 saturated carbocycles. The Morgan fingerprint density at radius 1 is 0.966 bits per heavy atom. The molecule has 1 aromatic heterocycles. The van der Waals surface area contributed by atoms with Crippen molar-refractivity contribution in [2.24, 2.45) is 0 Å². The van der Waals surface area contributed by atoms with Gasteiger partial charge in [-0.2, -0.15) is 5.26 Å². The minimum absolute atomic E-state index is 0.0633. The highest BCUT2D eigenvalue weighted by Gasteiger charge is 2.26. The summed E-state index contributed by atoms with van der Waals surface area (Å²) in [5.74, 6) is 0.478. The van der Waals surface area contributed by atoms with Crippen molar-refractivity contribution in [2.75, 3.05) is 36.0 Å². The number of nitriles is 1. The zero-order chi connectivity index (χ0) is 20.4. The van der Waals surface area contributed by atoms with Gasteiger partial charge in [0.25, 0.3) is 0 Å². The van der Waals surface area contributed by atoms with Crippen LogP contribution in [0.3, 0.4) is 0 Å². The van der Waals surface area contributed by atoms with Crippen molar-refractivity contribution in [3.05, 3.63) is 81.2 Å². The lowest BCUT2D eigenvalue weighted by molar-refractivity contribution is 0.518. The van der Waals surface area contributed by atoms with Crippen LogP contribution < -0.4 is 15.4 Å². The third-order valence-corrected chi connectivity index (χ3v) is 5.52. The van der Waals surface area contributed by atoms with E-state index in [9.17, 15) is 10.1 Å². The molecule has 0 amide bonds. The summed E-state index contributed by atoms with van der Waals surface area (Å²) in [6, 6.07) is 19.4. The lowest BCUT2D eigenvalue weighted by Crippen LogP contribution is -2.47. The van der Waals surface area contributed by atoms with Crippen LogP contribution >= 0.6 is 11.6 Å². The van der Waals surface area contributed by atoms with Gasteiger partial charge in [0.15, 0.2) is 5.56 Å². The summed E-state index contributed by atoms with van der Waals surface area (Å²) in [6.07, 6.45) is 0. The quantitative estimate of drug-likeness (QED) is 0.643. The fraction of sp³-hybridized carbons (Fsp3) is 0.217. The molecule has 1 fully saturated rings. The molecule has 2 aromatic carbocycles. The monoisotopic (exact) mass is 405 g/mol. The van der Waals surface area contributed by atoms with Gasteiger partial charge in [0, 0.05) is 48.0 Å². The number of para-hydroxylation sites is 1. The second kappa shape index (κ2) is 8.02. The maximum absolute atomic E-state index is 12.6. The third-order valence-electron chi connectivity index (χ3n) is 5.27. The molecule has 1 saturated heterocycles. The average Bonchev–Trinajstić information content (AvgIpc) is 2.76. The van der Waals surface area contributed by atoms with E-state index < -0.39 is 5.63 Å². The summed E-state index contributed by atoms with van der Waals surface area (Å²) in [6.45, 7) is 4.95. The van der Waals surface area contributed by atoms with Crippen LogP contribution in [0.25, 0.3) is 11.3 Å². The summed E-state index contributed by atoms with van der Waals surface area (Å²) in [5, 5.41) is 10.2. The predicted molar refractivity (Wildman–Crippen MR) is 116 cm³/mol. The Bertz CT molecular complexity index is 1110. The molecule has 0 spiro atoms. The van der Waals surface area contributed by atoms with Crippen LogP contribution in [0.4, 0.5) is 11.4 Å². The molecule has 2 heterocycles. The van der Waals surface area contributed by atoms with E-state index in [1.54, 1.807) is 12.1 Å². The molecular formula is C23H20ClN3O2. The van der Waals surface area contributed by atoms with Crippen LogP contribution in [0.1, 0.15) is 11.1 Å². The van der Waals surface area contributed by atoms with Crippen molar-refractivity contribution in [3.63, 3.8) is 0 Å². The van der Waals surface area contributed by atoms with E-state index in [4.69, 9.17) is 16.0 Å². The summed E-state index contributed by atoms with van der Waals surface area (Å²) in [4.78, 5) is 17.0. The zero-order valence-corrected chi connectivity index (χ0v) is 16.8. The molecule has 1 aliphatic heterocycles. The molecule has 3 aromatic rings. The molecular weight excluding hydrogens is 386 g/mol. The zero-order valence-electron chi connectivity index (χ0n) is 16.1. The number of rotatable bonds is 3. The number of nitrogens with zero attached hydrogens (tertiary/aromatic N) is 3. The maximum Gasteiger partial charge on any atom is 0.356 e. The van der Waals surface area contributed by atoms with Crippen LogP contribution in [-0.2, 0) is 0 Å². The van der Waals surface area contributed by atoms with E-state index >= 15 is 0 Å². The van der Waals surface area contributed by atoms with Crippen LogP contribution in [-0.4, -0.2) is 26.2 Å². The van der Waals surface area contributed by atoms with Gasteiger partial charge in [-0.15, -0.1) is 0 Å². The molecule has 4 rings (SSSR count). The van der Waals surface area contributed by atoms with Crippen LogP contribution in [0, 0.1) is 18.3 Å². The van der Waals surface area contributed by atoms with Gasteiger partial charge in [-0.3, -0.25) is 0 Å². The Balaban J connectivity index is 1.69.